The summed E-state index contributed by atoms with van der Waals surface area (Å²) in [7, 11) is 0. The third-order valence-corrected chi connectivity index (χ3v) is 4.36. The van der Waals surface area contributed by atoms with Crippen LogP contribution in [-0.4, -0.2) is 0 Å². The number of benzene rings is 3. The first-order chi connectivity index (χ1) is 10.8. The van der Waals surface area contributed by atoms with Crippen LogP contribution in [-0.2, 0) is 0 Å². The summed E-state index contributed by atoms with van der Waals surface area (Å²) in [5.41, 5.74) is 4.04. The second kappa shape index (κ2) is 6.83. The SMILES string of the molecule is ClC(=C(Cl)c1ccccc1-c1ccccc1)c1ccccc1. The molecule has 0 unspecified atom stereocenters. The molecular weight excluding hydrogens is 311 g/mol. The molecule has 108 valence electrons. The fraction of sp³-hybridized carbons (Fsp3) is 0. The summed E-state index contributed by atoms with van der Waals surface area (Å²) in [6.45, 7) is 0. The molecule has 0 aliphatic heterocycles. The molecule has 0 saturated carbocycles. The van der Waals surface area contributed by atoms with Crippen molar-refractivity contribution in [3.8, 4) is 11.1 Å². The number of hydrogen-bond acceptors (Lipinski definition) is 0. The first-order valence-corrected chi connectivity index (χ1v) is 7.78. The van der Waals surface area contributed by atoms with E-state index in [9.17, 15) is 0 Å². The van der Waals surface area contributed by atoms with E-state index in [0.717, 1.165) is 22.3 Å². The van der Waals surface area contributed by atoms with Crippen molar-refractivity contribution in [2.45, 2.75) is 0 Å². The van der Waals surface area contributed by atoms with Crippen molar-refractivity contribution in [1.29, 1.82) is 0 Å². The number of hydrogen-bond donors (Lipinski definition) is 0. The maximum Gasteiger partial charge on any atom is 0.0676 e. The van der Waals surface area contributed by atoms with Crippen LogP contribution in [0.25, 0.3) is 21.2 Å². The number of halogens is 2. The fourth-order valence-corrected chi connectivity index (χ4v) is 2.88. The van der Waals surface area contributed by atoms with E-state index < -0.39 is 0 Å². The second-order valence-corrected chi connectivity index (χ2v) is 5.66. The van der Waals surface area contributed by atoms with Gasteiger partial charge in [0.2, 0.25) is 0 Å². The van der Waals surface area contributed by atoms with Gasteiger partial charge in [-0.05, 0) is 16.7 Å². The average molecular weight is 325 g/mol. The molecule has 22 heavy (non-hydrogen) atoms. The standard InChI is InChI=1S/C20H14Cl2/c21-19(16-11-5-2-6-12-16)20(22)18-14-8-7-13-17(18)15-9-3-1-4-10-15/h1-14H. The van der Waals surface area contributed by atoms with Crippen molar-refractivity contribution in [2.75, 3.05) is 0 Å². The Morgan fingerprint density at radius 3 is 1.77 bits per heavy atom. The van der Waals surface area contributed by atoms with Crippen LogP contribution in [0.2, 0.25) is 0 Å². The Morgan fingerprint density at radius 1 is 0.545 bits per heavy atom. The van der Waals surface area contributed by atoms with Crippen LogP contribution >= 0.6 is 23.2 Å². The van der Waals surface area contributed by atoms with Crippen LogP contribution in [0.4, 0.5) is 0 Å². The van der Waals surface area contributed by atoms with Gasteiger partial charge < -0.3 is 0 Å². The summed E-state index contributed by atoms with van der Waals surface area (Å²) in [5, 5.41) is 1.12. The molecule has 0 amide bonds. The van der Waals surface area contributed by atoms with Crippen LogP contribution < -0.4 is 0 Å². The Labute approximate surface area is 140 Å². The highest BCUT2D eigenvalue weighted by molar-refractivity contribution is 6.65. The molecule has 0 fully saturated rings. The summed E-state index contributed by atoms with van der Waals surface area (Å²) in [6, 6.07) is 28.0. The first-order valence-electron chi connectivity index (χ1n) is 7.03. The van der Waals surface area contributed by atoms with Crippen molar-refractivity contribution < 1.29 is 0 Å². The lowest BCUT2D eigenvalue weighted by molar-refractivity contribution is 1.58. The van der Waals surface area contributed by atoms with E-state index in [0.29, 0.717) is 10.1 Å². The predicted octanol–water partition coefficient (Wildman–Crippen LogP) is 6.66. The van der Waals surface area contributed by atoms with Crippen molar-refractivity contribution in [3.63, 3.8) is 0 Å². The van der Waals surface area contributed by atoms with Gasteiger partial charge in [0.05, 0.1) is 10.1 Å². The second-order valence-electron chi connectivity index (χ2n) is 4.91. The van der Waals surface area contributed by atoms with Gasteiger partial charge in [0, 0.05) is 5.56 Å². The lowest BCUT2D eigenvalue weighted by Gasteiger charge is -2.11. The molecule has 0 bridgehead atoms. The van der Waals surface area contributed by atoms with E-state index in [-0.39, 0.29) is 0 Å². The maximum atomic E-state index is 6.59. The van der Waals surface area contributed by atoms with Gasteiger partial charge in [0.25, 0.3) is 0 Å². The summed E-state index contributed by atoms with van der Waals surface area (Å²) < 4.78 is 0. The molecule has 0 aromatic heterocycles. The minimum absolute atomic E-state index is 0.561. The Bertz CT molecular complexity index is 790. The van der Waals surface area contributed by atoms with E-state index in [4.69, 9.17) is 23.2 Å². The van der Waals surface area contributed by atoms with Crippen LogP contribution in [0.15, 0.2) is 84.9 Å². The van der Waals surface area contributed by atoms with Gasteiger partial charge in [-0.2, -0.15) is 0 Å². The highest BCUT2D eigenvalue weighted by Gasteiger charge is 2.12. The minimum atomic E-state index is 0.561. The summed E-state index contributed by atoms with van der Waals surface area (Å²) in [6.07, 6.45) is 0. The molecule has 0 spiro atoms. The zero-order chi connectivity index (χ0) is 15.4. The molecule has 0 heterocycles. The molecule has 0 N–H and O–H groups in total. The van der Waals surface area contributed by atoms with E-state index in [1.54, 1.807) is 0 Å². The van der Waals surface area contributed by atoms with Gasteiger partial charge in [-0.1, -0.05) is 108 Å². The summed E-state index contributed by atoms with van der Waals surface area (Å²) in [4.78, 5) is 0. The summed E-state index contributed by atoms with van der Waals surface area (Å²) >= 11 is 13.1. The Balaban J connectivity index is 2.13. The Hall–Kier alpha value is -2.02. The van der Waals surface area contributed by atoms with Gasteiger partial charge in [-0.25, -0.2) is 0 Å². The van der Waals surface area contributed by atoms with Gasteiger partial charge in [0.1, 0.15) is 0 Å². The Kier molecular flexibility index (Phi) is 4.62. The zero-order valence-corrected chi connectivity index (χ0v) is 13.4. The first kappa shape index (κ1) is 14.9. The lowest BCUT2D eigenvalue weighted by atomic mass is 9.98. The van der Waals surface area contributed by atoms with E-state index in [1.807, 2.05) is 66.7 Å². The van der Waals surface area contributed by atoms with Crippen molar-refractivity contribution in [2.24, 2.45) is 0 Å². The van der Waals surface area contributed by atoms with E-state index in [2.05, 4.69) is 18.2 Å². The molecule has 3 aromatic rings. The topological polar surface area (TPSA) is 0 Å². The van der Waals surface area contributed by atoms with Crippen LogP contribution in [0.5, 0.6) is 0 Å². The zero-order valence-electron chi connectivity index (χ0n) is 11.8. The van der Waals surface area contributed by atoms with Crippen LogP contribution in [0.3, 0.4) is 0 Å². The van der Waals surface area contributed by atoms with Crippen molar-refractivity contribution in [1.82, 2.24) is 0 Å². The lowest BCUT2D eigenvalue weighted by Crippen LogP contribution is -1.88. The van der Waals surface area contributed by atoms with Crippen molar-refractivity contribution >= 4 is 33.3 Å². The van der Waals surface area contributed by atoms with E-state index >= 15 is 0 Å². The molecule has 0 aliphatic rings. The van der Waals surface area contributed by atoms with E-state index in [1.165, 1.54) is 0 Å². The molecule has 0 atom stereocenters. The monoisotopic (exact) mass is 324 g/mol. The van der Waals surface area contributed by atoms with Crippen LogP contribution in [0.1, 0.15) is 11.1 Å². The maximum absolute atomic E-state index is 6.59. The highest BCUT2D eigenvalue weighted by atomic mass is 35.5. The highest BCUT2D eigenvalue weighted by Crippen LogP contribution is 2.37. The van der Waals surface area contributed by atoms with Gasteiger partial charge in [0.15, 0.2) is 0 Å². The molecule has 2 heteroatoms. The summed E-state index contributed by atoms with van der Waals surface area (Å²) in [5.74, 6) is 0. The normalized spacial score (nSPS) is 11.9. The molecule has 0 nitrogen and oxygen atoms in total. The average Bonchev–Trinajstić information content (AvgIpc) is 2.62. The fourth-order valence-electron chi connectivity index (χ4n) is 2.37. The largest absolute Gasteiger partial charge is 0.0820 e. The molecule has 3 aromatic carbocycles. The molecule has 0 radical (unpaired) electrons. The van der Waals surface area contributed by atoms with Crippen molar-refractivity contribution in [3.05, 3.63) is 96.1 Å². The predicted molar refractivity (Wildman–Crippen MR) is 96.8 cm³/mol. The van der Waals surface area contributed by atoms with Gasteiger partial charge in [-0.15, -0.1) is 0 Å². The molecule has 3 rings (SSSR count). The molecular formula is C20H14Cl2. The van der Waals surface area contributed by atoms with Crippen LogP contribution in [0, 0.1) is 0 Å². The quantitative estimate of drug-likeness (QED) is 0.472. The molecule has 0 saturated heterocycles. The third-order valence-electron chi connectivity index (χ3n) is 3.47. The third kappa shape index (κ3) is 3.09. The van der Waals surface area contributed by atoms with Gasteiger partial charge >= 0.3 is 0 Å². The molecule has 0 aliphatic carbocycles. The van der Waals surface area contributed by atoms with Gasteiger partial charge in [-0.3, -0.25) is 0 Å². The minimum Gasteiger partial charge on any atom is -0.0820 e. The number of rotatable bonds is 3. The smallest absolute Gasteiger partial charge is 0.0676 e. The Morgan fingerprint density at radius 2 is 1.09 bits per heavy atom.